The molecule has 0 bridgehead atoms. The molecule has 7 nitrogen and oxygen atoms in total. The zero-order chi connectivity index (χ0) is 19.2. The number of carbonyl (C=O) groups is 1. The van der Waals surface area contributed by atoms with Crippen molar-refractivity contribution in [1.82, 2.24) is 9.97 Å². The molecule has 142 valence electrons. The Kier molecular flexibility index (Phi) is 4.44. The van der Waals surface area contributed by atoms with Crippen LogP contribution in [-0.4, -0.2) is 52.8 Å². The van der Waals surface area contributed by atoms with E-state index in [9.17, 15) is 9.90 Å². The van der Waals surface area contributed by atoms with Crippen LogP contribution in [0.4, 0.5) is 11.4 Å². The molecule has 0 saturated carbocycles. The molecule has 2 aliphatic rings. The first-order valence-electron chi connectivity index (χ1n) is 8.89. The van der Waals surface area contributed by atoms with E-state index in [1.807, 2.05) is 18.2 Å². The maximum Gasteiger partial charge on any atom is 0.267 e. The van der Waals surface area contributed by atoms with Crippen molar-refractivity contribution in [2.45, 2.75) is 25.9 Å². The minimum Gasteiger partial charge on any atom is -0.475 e. The first-order chi connectivity index (χ1) is 12.8. The van der Waals surface area contributed by atoms with Gasteiger partial charge in [-0.1, -0.05) is 11.6 Å². The van der Waals surface area contributed by atoms with Crippen molar-refractivity contribution in [2.24, 2.45) is 0 Å². The Bertz CT molecular complexity index is 897. The summed E-state index contributed by atoms with van der Waals surface area (Å²) in [5.41, 5.74) is 2.48. The number of aromatic nitrogens is 2. The monoisotopic (exact) mass is 388 g/mol. The molecule has 3 heterocycles. The second-order valence-corrected chi connectivity index (χ2v) is 7.80. The van der Waals surface area contributed by atoms with Gasteiger partial charge in [-0.25, -0.2) is 9.97 Å². The lowest BCUT2D eigenvalue weighted by atomic mass is 10.1. The van der Waals surface area contributed by atoms with Gasteiger partial charge in [-0.05, 0) is 44.0 Å². The Balaban J connectivity index is 1.65. The highest BCUT2D eigenvalue weighted by atomic mass is 35.5. The second-order valence-electron chi connectivity index (χ2n) is 7.45. The molecule has 2 aliphatic heterocycles. The molecule has 4 rings (SSSR count). The molecule has 0 radical (unpaired) electrons. The lowest BCUT2D eigenvalue weighted by Crippen LogP contribution is -2.37. The summed E-state index contributed by atoms with van der Waals surface area (Å²) in [6, 6.07) is 5.95. The Morgan fingerprint density at radius 3 is 2.89 bits per heavy atom. The molecule has 8 heteroatoms. The third kappa shape index (κ3) is 3.44. The number of aliphatic hydroxyl groups is 1. The van der Waals surface area contributed by atoms with E-state index >= 15 is 0 Å². The summed E-state index contributed by atoms with van der Waals surface area (Å²) in [6.07, 6.45) is 2.16. The van der Waals surface area contributed by atoms with E-state index in [1.165, 1.54) is 6.33 Å². The Morgan fingerprint density at radius 2 is 2.11 bits per heavy atom. The first-order valence-corrected chi connectivity index (χ1v) is 9.27. The van der Waals surface area contributed by atoms with Crippen molar-refractivity contribution >= 4 is 28.9 Å². The number of anilines is 2. The van der Waals surface area contributed by atoms with Crippen molar-refractivity contribution in [3.05, 3.63) is 40.8 Å². The molecular weight excluding hydrogens is 368 g/mol. The Morgan fingerprint density at radius 1 is 1.30 bits per heavy atom. The zero-order valence-electron chi connectivity index (χ0n) is 15.3. The summed E-state index contributed by atoms with van der Waals surface area (Å²) < 4.78 is 5.58. The van der Waals surface area contributed by atoms with Gasteiger partial charge in [0.1, 0.15) is 23.7 Å². The molecule has 0 spiro atoms. The molecule has 1 aromatic heterocycles. The first kappa shape index (κ1) is 18.0. The van der Waals surface area contributed by atoms with Crippen LogP contribution < -0.4 is 14.5 Å². The summed E-state index contributed by atoms with van der Waals surface area (Å²) in [6.45, 7) is 5.75. The van der Waals surface area contributed by atoms with E-state index in [4.69, 9.17) is 16.3 Å². The zero-order valence-corrected chi connectivity index (χ0v) is 16.0. The van der Waals surface area contributed by atoms with E-state index in [-0.39, 0.29) is 22.5 Å². The van der Waals surface area contributed by atoms with Crippen LogP contribution in [0.25, 0.3) is 0 Å². The van der Waals surface area contributed by atoms with Crippen LogP contribution >= 0.6 is 11.6 Å². The highest BCUT2D eigenvalue weighted by Gasteiger charge is 2.30. The molecule has 2 aromatic rings. The molecule has 0 unspecified atom stereocenters. The molecule has 1 N–H and O–H groups in total. The molecule has 0 fully saturated rings. The van der Waals surface area contributed by atoms with Gasteiger partial charge in [0, 0.05) is 24.5 Å². The SMILES string of the molecule is CC(C)(O)CN1CCc2cc(N3CCOc4ncnc(Cl)c4C3=O)ccc21. The van der Waals surface area contributed by atoms with Crippen LogP contribution in [0.2, 0.25) is 5.15 Å². The summed E-state index contributed by atoms with van der Waals surface area (Å²) >= 11 is 6.13. The molecule has 0 saturated heterocycles. The summed E-state index contributed by atoms with van der Waals surface area (Å²) in [5.74, 6) is -0.0422. The molecule has 0 aliphatic carbocycles. The van der Waals surface area contributed by atoms with Gasteiger partial charge in [0.15, 0.2) is 0 Å². The van der Waals surface area contributed by atoms with Gasteiger partial charge in [0.05, 0.1) is 12.1 Å². The van der Waals surface area contributed by atoms with E-state index in [0.717, 1.165) is 29.9 Å². The van der Waals surface area contributed by atoms with Crippen LogP contribution in [0.15, 0.2) is 24.5 Å². The van der Waals surface area contributed by atoms with Crippen molar-refractivity contribution in [3.8, 4) is 5.88 Å². The van der Waals surface area contributed by atoms with Gasteiger partial charge in [0.2, 0.25) is 5.88 Å². The minimum atomic E-state index is -0.765. The number of nitrogens with zero attached hydrogens (tertiary/aromatic N) is 4. The number of hydrogen-bond donors (Lipinski definition) is 1. The van der Waals surface area contributed by atoms with Gasteiger partial charge in [-0.2, -0.15) is 0 Å². The highest BCUT2D eigenvalue weighted by Crippen LogP contribution is 2.34. The minimum absolute atomic E-state index is 0.0920. The van der Waals surface area contributed by atoms with Crippen LogP contribution in [-0.2, 0) is 6.42 Å². The van der Waals surface area contributed by atoms with Crippen molar-refractivity contribution in [1.29, 1.82) is 0 Å². The smallest absolute Gasteiger partial charge is 0.267 e. The van der Waals surface area contributed by atoms with Gasteiger partial charge in [-0.3, -0.25) is 4.79 Å². The van der Waals surface area contributed by atoms with Gasteiger partial charge in [0.25, 0.3) is 5.91 Å². The number of halogens is 1. The maximum absolute atomic E-state index is 13.0. The number of benzene rings is 1. The molecule has 27 heavy (non-hydrogen) atoms. The van der Waals surface area contributed by atoms with Crippen LogP contribution in [0.5, 0.6) is 5.88 Å². The Hall–Kier alpha value is -2.38. The van der Waals surface area contributed by atoms with E-state index < -0.39 is 5.60 Å². The predicted octanol–water partition coefficient (Wildman–Crippen LogP) is 2.30. The number of ether oxygens (including phenoxy) is 1. The fourth-order valence-corrected chi connectivity index (χ4v) is 3.82. The highest BCUT2D eigenvalue weighted by molar-refractivity contribution is 6.33. The van der Waals surface area contributed by atoms with Gasteiger partial charge in [-0.15, -0.1) is 0 Å². The summed E-state index contributed by atoms with van der Waals surface area (Å²) in [4.78, 5) is 24.8. The quantitative estimate of drug-likeness (QED) is 0.813. The molecular formula is C19H21ClN4O3. The average Bonchev–Trinajstić information content (AvgIpc) is 2.89. The lowest BCUT2D eigenvalue weighted by molar-refractivity contribution is 0.0878. The van der Waals surface area contributed by atoms with Gasteiger partial charge < -0.3 is 19.6 Å². The van der Waals surface area contributed by atoms with Gasteiger partial charge >= 0.3 is 0 Å². The largest absolute Gasteiger partial charge is 0.475 e. The predicted molar refractivity (Wildman–Crippen MR) is 103 cm³/mol. The van der Waals surface area contributed by atoms with Crippen LogP contribution in [0.3, 0.4) is 0 Å². The van der Waals surface area contributed by atoms with E-state index in [1.54, 1.807) is 18.7 Å². The fraction of sp³-hybridized carbons (Fsp3) is 0.421. The molecule has 1 amide bonds. The lowest BCUT2D eigenvalue weighted by Gasteiger charge is -2.28. The van der Waals surface area contributed by atoms with E-state index in [2.05, 4.69) is 14.9 Å². The standard InChI is InChI=1S/C19H21ClN4O3/c1-19(2,26)10-23-6-5-12-9-13(3-4-14(12)23)24-7-8-27-17-15(18(24)25)16(20)21-11-22-17/h3-4,9,11,26H,5-8,10H2,1-2H3. The van der Waals surface area contributed by atoms with Crippen molar-refractivity contribution < 1.29 is 14.6 Å². The second kappa shape index (κ2) is 6.65. The summed E-state index contributed by atoms with van der Waals surface area (Å²) in [7, 11) is 0. The fourth-order valence-electron chi connectivity index (χ4n) is 3.61. The van der Waals surface area contributed by atoms with Crippen molar-refractivity contribution in [3.63, 3.8) is 0 Å². The molecule has 0 atom stereocenters. The number of hydrogen-bond acceptors (Lipinski definition) is 6. The molecule has 1 aromatic carbocycles. The maximum atomic E-state index is 13.0. The van der Waals surface area contributed by atoms with Crippen molar-refractivity contribution in [2.75, 3.05) is 36.0 Å². The number of carbonyl (C=O) groups excluding carboxylic acids is 1. The van der Waals surface area contributed by atoms with E-state index in [0.29, 0.717) is 19.7 Å². The Labute approximate surface area is 162 Å². The normalized spacial score (nSPS) is 16.7. The van der Waals surface area contributed by atoms with Crippen LogP contribution in [0, 0.1) is 0 Å². The third-order valence-corrected chi connectivity index (χ3v) is 5.01. The number of rotatable bonds is 3. The summed E-state index contributed by atoms with van der Waals surface area (Å²) in [5, 5.41) is 10.2. The topological polar surface area (TPSA) is 78.8 Å². The average molecular weight is 389 g/mol. The van der Waals surface area contributed by atoms with Crippen LogP contribution in [0.1, 0.15) is 29.8 Å². The number of amides is 1. The third-order valence-electron chi connectivity index (χ3n) is 4.72. The number of β-amino-alcohol motifs (C(OH)–C–C–N with tert-alkyl or cyclic N) is 1. The number of fused-ring (bicyclic) bond motifs is 2.